The SMILES string of the molecule is Cc1ncnc2c1ccn2C1C[C@H](Oc2cc(Cl)cc3c2CNCC3)CO1. The zero-order valence-electron chi connectivity index (χ0n) is 15.1. The van der Waals surface area contributed by atoms with Gasteiger partial charge in [-0.1, -0.05) is 11.6 Å². The number of fused-ring (bicyclic) bond motifs is 2. The zero-order chi connectivity index (χ0) is 18.4. The first-order valence-corrected chi connectivity index (χ1v) is 9.65. The highest BCUT2D eigenvalue weighted by Crippen LogP contribution is 2.34. The third kappa shape index (κ3) is 3.08. The van der Waals surface area contributed by atoms with Crippen molar-refractivity contribution in [1.29, 1.82) is 0 Å². The van der Waals surface area contributed by atoms with E-state index in [0.717, 1.165) is 53.4 Å². The molecule has 0 saturated carbocycles. The average Bonchev–Trinajstić information content (AvgIpc) is 3.29. The summed E-state index contributed by atoms with van der Waals surface area (Å²) in [6.07, 6.45) is 5.26. The van der Waals surface area contributed by atoms with E-state index in [1.165, 1.54) is 11.1 Å². The number of hydrogen-bond donors (Lipinski definition) is 1. The van der Waals surface area contributed by atoms with E-state index in [1.54, 1.807) is 6.33 Å². The van der Waals surface area contributed by atoms with Crippen molar-refractivity contribution in [3.05, 3.63) is 52.6 Å². The molecule has 2 aromatic heterocycles. The molecule has 1 unspecified atom stereocenters. The van der Waals surface area contributed by atoms with Gasteiger partial charge in [0.25, 0.3) is 0 Å². The van der Waals surface area contributed by atoms with Crippen LogP contribution in [0, 0.1) is 6.92 Å². The van der Waals surface area contributed by atoms with Crippen molar-refractivity contribution >= 4 is 22.6 Å². The summed E-state index contributed by atoms with van der Waals surface area (Å²) in [6, 6.07) is 6.01. The van der Waals surface area contributed by atoms with Crippen LogP contribution in [0.1, 0.15) is 29.5 Å². The topological polar surface area (TPSA) is 61.2 Å². The Morgan fingerprint density at radius 3 is 3.19 bits per heavy atom. The van der Waals surface area contributed by atoms with Gasteiger partial charge in [0.15, 0.2) is 0 Å². The number of hydrogen-bond acceptors (Lipinski definition) is 5. The van der Waals surface area contributed by atoms with Crippen LogP contribution in [0.3, 0.4) is 0 Å². The van der Waals surface area contributed by atoms with Gasteiger partial charge in [0, 0.05) is 35.1 Å². The van der Waals surface area contributed by atoms with E-state index in [9.17, 15) is 0 Å². The Morgan fingerprint density at radius 2 is 2.26 bits per heavy atom. The largest absolute Gasteiger partial charge is 0.487 e. The first-order valence-electron chi connectivity index (χ1n) is 9.27. The molecule has 2 aliphatic rings. The lowest BCUT2D eigenvalue weighted by molar-refractivity contribution is 0.0526. The molecular weight excluding hydrogens is 364 g/mol. The minimum Gasteiger partial charge on any atom is -0.487 e. The zero-order valence-corrected chi connectivity index (χ0v) is 15.9. The maximum absolute atomic E-state index is 6.32. The van der Waals surface area contributed by atoms with E-state index in [-0.39, 0.29) is 12.3 Å². The lowest BCUT2D eigenvalue weighted by atomic mass is 10.00. The number of rotatable bonds is 3. The second kappa shape index (κ2) is 6.78. The van der Waals surface area contributed by atoms with Crippen molar-refractivity contribution < 1.29 is 9.47 Å². The molecule has 1 N–H and O–H groups in total. The third-order valence-corrected chi connectivity index (χ3v) is 5.61. The van der Waals surface area contributed by atoms with Gasteiger partial charge in [-0.05, 0) is 43.7 Å². The van der Waals surface area contributed by atoms with Gasteiger partial charge < -0.3 is 19.4 Å². The van der Waals surface area contributed by atoms with Gasteiger partial charge in [0.05, 0.1) is 12.3 Å². The van der Waals surface area contributed by atoms with Crippen LogP contribution in [0.5, 0.6) is 5.75 Å². The molecule has 3 aromatic rings. The Morgan fingerprint density at radius 1 is 1.33 bits per heavy atom. The first kappa shape index (κ1) is 17.0. The van der Waals surface area contributed by atoms with Crippen molar-refractivity contribution in [3.63, 3.8) is 0 Å². The maximum atomic E-state index is 6.32. The second-order valence-corrected chi connectivity index (χ2v) is 7.59. The van der Waals surface area contributed by atoms with Crippen molar-refractivity contribution in [2.24, 2.45) is 0 Å². The molecule has 2 atom stereocenters. The van der Waals surface area contributed by atoms with Crippen LogP contribution in [0.15, 0.2) is 30.7 Å². The smallest absolute Gasteiger partial charge is 0.145 e. The van der Waals surface area contributed by atoms with E-state index in [4.69, 9.17) is 21.1 Å². The van der Waals surface area contributed by atoms with Crippen molar-refractivity contribution in [2.75, 3.05) is 13.2 Å². The Hall–Kier alpha value is -2.15. The lowest BCUT2D eigenvalue weighted by Crippen LogP contribution is -2.25. The Bertz CT molecular complexity index is 1000. The van der Waals surface area contributed by atoms with Gasteiger partial charge in [0.1, 0.15) is 30.1 Å². The molecule has 1 fully saturated rings. The fourth-order valence-corrected chi connectivity index (χ4v) is 4.23. The normalized spacial score (nSPS) is 22.1. The number of nitrogens with one attached hydrogen (secondary N) is 1. The van der Waals surface area contributed by atoms with Crippen LogP contribution in [-0.4, -0.2) is 33.8 Å². The molecule has 4 heterocycles. The van der Waals surface area contributed by atoms with E-state index in [0.29, 0.717) is 6.61 Å². The van der Waals surface area contributed by atoms with Crippen LogP contribution in [0.2, 0.25) is 5.02 Å². The number of aryl methyl sites for hydroxylation is 1. The van der Waals surface area contributed by atoms with Gasteiger partial charge in [-0.15, -0.1) is 0 Å². The summed E-state index contributed by atoms with van der Waals surface area (Å²) in [5.41, 5.74) is 4.36. The first-order chi connectivity index (χ1) is 13.2. The molecule has 7 heteroatoms. The molecule has 0 aliphatic carbocycles. The van der Waals surface area contributed by atoms with Crippen molar-refractivity contribution in [3.8, 4) is 5.75 Å². The van der Waals surface area contributed by atoms with Crippen molar-refractivity contribution in [2.45, 2.75) is 38.6 Å². The van der Waals surface area contributed by atoms with E-state index in [2.05, 4.69) is 19.9 Å². The molecule has 0 radical (unpaired) electrons. The van der Waals surface area contributed by atoms with Crippen molar-refractivity contribution in [1.82, 2.24) is 19.9 Å². The fourth-order valence-electron chi connectivity index (χ4n) is 4.00. The van der Waals surface area contributed by atoms with Crippen LogP contribution >= 0.6 is 11.6 Å². The highest BCUT2D eigenvalue weighted by molar-refractivity contribution is 6.30. The van der Waals surface area contributed by atoms with Crippen LogP contribution in [0.4, 0.5) is 0 Å². The molecule has 2 aliphatic heterocycles. The molecule has 140 valence electrons. The van der Waals surface area contributed by atoms with E-state index < -0.39 is 0 Å². The number of ether oxygens (including phenoxy) is 2. The van der Waals surface area contributed by atoms with Crippen LogP contribution in [-0.2, 0) is 17.7 Å². The molecule has 0 amide bonds. The number of halogens is 1. The summed E-state index contributed by atoms with van der Waals surface area (Å²) in [6.45, 7) is 4.33. The molecule has 5 rings (SSSR count). The standard InChI is InChI=1S/C20H21ClN4O2/c1-12-16-3-5-25(20(16)24-11-23-12)19-8-15(10-26-19)27-18-7-14(21)6-13-2-4-22-9-17(13)18/h3,5-7,11,15,19,22H,2,4,8-10H2,1H3/t15-,19?/m0/s1. The number of nitrogens with zero attached hydrogens (tertiary/aromatic N) is 3. The summed E-state index contributed by atoms with van der Waals surface area (Å²) in [7, 11) is 0. The molecule has 1 saturated heterocycles. The Balaban J connectivity index is 1.37. The fraction of sp³-hybridized carbons (Fsp3) is 0.400. The van der Waals surface area contributed by atoms with Gasteiger partial charge in [-0.2, -0.15) is 0 Å². The minimum absolute atomic E-state index is 0.0140. The van der Waals surface area contributed by atoms with Gasteiger partial charge in [-0.3, -0.25) is 0 Å². The quantitative estimate of drug-likeness (QED) is 0.749. The average molecular weight is 385 g/mol. The van der Waals surface area contributed by atoms with E-state index in [1.807, 2.05) is 31.3 Å². The Labute approximate surface area is 162 Å². The molecule has 6 nitrogen and oxygen atoms in total. The predicted molar refractivity (Wildman–Crippen MR) is 103 cm³/mol. The van der Waals surface area contributed by atoms with Crippen LogP contribution in [0.25, 0.3) is 11.0 Å². The molecule has 0 bridgehead atoms. The number of aromatic nitrogens is 3. The molecular formula is C20H21ClN4O2. The third-order valence-electron chi connectivity index (χ3n) is 5.39. The maximum Gasteiger partial charge on any atom is 0.145 e. The second-order valence-electron chi connectivity index (χ2n) is 7.15. The lowest BCUT2D eigenvalue weighted by Gasteiger charge is -2.23. The molecule has 0 spiro atoms. The summed E-state index contributed by atoms with van der Waals surface area (Å²) in [4.78, 5) is 8.69. The van der Waals surface area contributed by atoms with Gasteiger partial charge in [0.2, 0.25) is 0 Å². The summed E-state index contributed by atoms with van der Waals surface area (Å²) in [5, 5.41) is 5.19. The van der Waals surface area contributed by atoms with Gasteiger partial charge in [-0.25, -0.2) is 9.97 Å². The summed E-state index contributed by atoms with van der Waals surface area (Å²) in [5.74, 6) is 0.870. The van der Waals surface area contributed by atoms with Crippen LogP contribution < -0.4 is 10.1 Å². The molecule has 27 heavy (non-hydrogen) atoms. The highest BCUT2D eigenvalue weighted by Gasteiger charge is 2.30. The van der Waals surface area contributed by atoms with E-state index >= 15 is 0 Å². The minimum atomic E-state index is -0.0880. The highest BCUT2D eigenvalue weighted by atomic mass is 35.5. The summed E-state index contributed by atoms with van der Waals surface area (Å²) < 4.78 is 14.4. The predicted octanol–water partition coefficient (Wildman–Crippen LogP) is 3.41. The Kier molecular flexibility index (Phi) is 4.27. The monoisotopic (exact) mass is 384 g/mol. The summed E-state index contributed by atoms with van der Waals surface area (Å²) >= 11 is 6.31. The molecule has 1 aromatic carbocycles. The number of benzene rings is 1. The van der Waals surface area contributed by atoms with Gasteiger partial charge >= 0.3 is 0 Å².